The highest BCUT2D eigenvalue weighted by Crippen LogP contribution is 2.34. The standard InChI is InChI=1S/C29H28F2N10O2/c1-14(2)42-21-7-4-16(10-20(21)31)24-23-27(33)35-13-37-29(23)41(40-24)9-8-15(3)43-17-5-6-19(30)18(11-17)25-22-26(32)34-12-36-28(22)39-38-25/h4-7,10-15H,8-9H2,1-3H3,(H2,33,35,37)(H3,32,34,36,38,39). The van der Waals surface area contributed by atoms with E-state index in [0.29, 0.717) is 57.7 Å². The van der Waals surface area contributed by atoms with Crippen LogP contribution in [0.4, 0.5) is 20.4 Å². The van der Waals surface area contributed by atoms with E-state index in [2.05, 4.69) is 30.1 Å². The Labute approximate surface area is 244 Å². The third-order valence-electron chi connectivity index (χ3n) is 6.80. The van der Waals surface area contributed by atoms with Gasteiger partial charge in [-0.05, 0) is 57.2 Å². The van der Waals surface area contributed by atoms with Crippen molar-refractivity contribution in [2.75, 3.05) is 11.5 Å². The molecule has 0 aliphatic carbocycles. The number of nitrogen functional groups attached to an aromatic ring is 2. The first kappa shape index (κ1) is 27.8. The Morgan fingerprint density at radius 1 is 0.884 bits per heavy atom. The van der Waals surface area contributed by atoms with Crippen molar-refractivity contribution in [1.82, 2.24) is 39.9 Å². The van der Waals surface area contributed by atoms with E-state index in [9.17, 15) is 8.78 Å². The van der Waals surface area contributed by atoms with Gasteiger partial charge in [0.25, 0.3) is 0 Å². The molecule has 2 aromatic carbocycles. The van der Waals surface area contributed by atoms with Gasteiger partial charge in [0, 0.05) is 24.1 Å². The van der Waals surface area contributed by atoms with Gasteiger partial charge in [-0.15, -0.1) is 0 Å². The molecule has 6 rings (SSSR count). The Morgan fingerprint density at radius 3 is 2.42 bits per heavy atom. The highest BCUT2D eigenvalue weighted by Gasteiger charge is 2.20. The predicted molar refractivity (Wildman–Crippen MR) is 157 cm³/mol. The average molecular weight is 587 g/mol. The van der Waals surface area contributed by atoms with E-state index in [1.165, 1.54) is 24.8 Å². The molecule has 0 radical (unpaired) electrons. The Balaban J connectivity index is 1.23. The number of H-pyrrole nitrogens is 1. The van der Waals surface area contributed by atoms with Gasteiger partial charge in [0.05, 0.1) is 28.7 Å². The zero-order valence-corrected chi connectivity index (χ0v) is 23.5. The largest absolute Gasteiger partial charge is 0.491 e. The number of nitrogens with zero attached hydrogens (tertiary/aromatic N) is 7. The zero-order valence-electron chi connectivity index (χ0n) is 23.5. The zero-order chi connectivity index (χ0) is 30.2. The smallest absolute Gasteiger partial charge is 0.186 e. The van der Waals surface area contributed by atoms with Crippen molar-refractivity contribution in [3.05, 3.63) is 60.7 Å². The Kier molecular flexibility index (Phi) is 7.17. The van der Waals surface area contributed by atoms with Crippen LogP contribution in [-0.2, 0) is 6.54 Å². The van der Waals surface area contributed by atoms with Crippen molar-refractivity contribution in [3.63, 3.8) is 0 Å². The number of anilines is 2. The molecule has 0 amide bonds. The number of aryl methyl sites for hydroxylation is 1. The Bertz CT molecular complexity index is 1960. The molecule has 0 aliphatic rings. The van der Waals surface area contributed by atoms with Crippen LogP contribution in [0.25, 0.3) is 44.6 Å². The fourth-order valence-corrected chi connectivity index (χ4v) is 4.82. The molecule has 14 heteroatoms. The van der Waals surface area contributed by atoms with E-state index in [-0.39, 0.29) is 35.2 Å². The van der Waals surface area contributed by atoms with Crippen LogP contribution in [0, 0.1) is 11.6 Å². The van der Waals surface area contributed by atoms with Crippen LogP contribution >= 0.6 is 0 Å². The number of aromatic amines is 1. The number of benzene rings is 2. The molecule has 0 bridgehead atoms. The normalized spacial score (nSPS) is 12.3. The summed E-state index contributed by atoms with van der Waals surface area (Å²) in [5.74, 6) is 0.0172. The van der Waals surface area contributed by atoms with Crippen molar-refractivity contribution in [3.8, 4) is 34.0 Å². The fraction of sp³-hybridized carbons (Fsp3) is 0.241. The molecule has 0 aliphatic heterocycles. The summed E-state index contributed by atoms with van der Waals surface area (Å²) >= 11 is 0. The lowest BCUT2D eigenvalue weighted by molar-refractivity contribution is 0.202. The van der Waals surface area contributed by atoms with Crippen molar-refractivity contribution >= 4 is 33.7 Å². The number of fused-ring (bicyclic) bond motifs is 2. The summed E-state index contributed by atoms with van der Waals surface area (Å²) < 4.78 is 43.0. The summed E-state index contributed by atoms with van der Waals surface area (Å²) in [6, 6.07) is 9.08. The SMILES string of the molecule is CC(C)Oc1ccc(-c2nn(CCC(C)Oc3ccc(F)c(-c4[nH]nc5ncnc(N)c45)c3)c3ncnc(N)c23)cc1F. The van der Waals surface area contributed by atoms with Gasteiger partial charge in [-0.2, -0.15) is 10.2 Å². The van der Waals surface area contributed by atoms with E-state index in [1.807, 2.05) is 20.8 Å². The second kappa shape index (κ2) is 11.1. The molecule has 0 fully saturated rings. The fourth-order valence-electron chi connectivity index (χ4n) is 4.82. The van der Waals surface area contributed by atoms with Gasteiger partial charge in [-0.3, -0.25) is 5.10 Å². The number of halogens is 2. The Hall–Kier alpha value is -5.40. The molecule has 1 atom stereocenters. The first-order valence-corrected chi connectivity index (χ1v) is 13.5. The van der Waals surface area contributed by atoms with Crippen molar-refractivity contribution in [2.24, 2.45) is 0 Å². The van der Waals surface area contributed by atoms with Crippen LogP contribution in [0.1, 0.15) is 27.2 Å². The lowest BCUT2D eigenvalue weighted by Crippen LogP contribution is -2.16. The molecule has 4 aromatic heterocycles. The van der Waals surface area contributed by atoms with E-state index in [0.717, 1.165) is 0 Å². The monoisotopic (exact) mass is 586 g/mol. The third-order valence-corrected chi connectivity index (χ3v) is 6.80. The van der Waals surface area contributed by atoms with Crippen LogP contribution in [-0.4, -0.2) is 52.1 Å². The van der Waals surface area contributed by atoms with Crippen LogP contribution in [0.2, 0.25) is 0 Å². The minimum atomic E-state index is -0.511. The van der Waals surface area contributed by atoms with Crippen LogP contribution in [0.3, 0.4) is 0 Å². The number of aromatic nitrogens is 8. The molecule has 43 heavy (non-hydrogen) atoms. The highest BCUT2D eigenvalue weighted by molar-refractivity contribution is 5.99. The number of ether oxygens (including phenoxy) is 2. The summed E-state index contributed by atoms with van der Waals surface area (Å²) in [7, 11) is 0. The maximum Gasteiger partial charge on any atom is 0.186 e. The maximum atomic E-state index is 14.9. The van der Waals surface area contributed by atoms with Crippen LogP contribution in [0.15, 0.2) is 49.1 Å². The van der Waals surface area contributed by atoms with Gasteiger partial charge in [0.2, 0.25) is 0 Å². The quantitative estimate of drug-likeness (QED) is 0.212. The molecule has 1 unspecified atom stereocenters. The molecule has 0 saturated carbocycles. The molecule has 6 aromatic rings. The molecule has 0 saturated heterocycles. The van der Waals surface area contributed by atoms with E-state index >= 15 is 0 Å². The minimum Gasteiger partial charge on any atom is -0.491 e. The lowest BCUT2D eigenvalue weighted by Gasteiger charge is -2.16. The van der Waals surface area contributed by atoms with E-state index in [4.69, 9.17) is 26.0 Å². The summed E-state index contributed by atoms with van der Waals surface area (Å²) in [5, 5.41) is 12.6. The van der Waals surface area contributed by atoms with Crippen molar-refractivity contribution < 1.29 is 18.3 Å². The number of hydrogen-bond acceptors (Lipinski definition) is 10. The average Bonchev–Trinajstić information content (AvgIpc) is 3.57. The third kappa shape index (κ3) is 5.34. The molecule has 4 heterocycles. The van der Waals surface area contributed by atoms with Gasteiger partial charge in [-0.25, -0.2) is 33.4 Å². The first-order chi connectivity index (χ1) is 20.7. The molecule has 12 nitrogen and oxygen atoms in total. The minimum absolute atomic E-state index is 0.152. The van der Waals surface area contributed by atoms with Gasteiger partial charge >= 0.3 is 0 Å². The van der Waals surface area contributed by atoms with Crippen molar-refractivity contribution in [1.29, 1.82) is 0 Å². The van der Waals surface area contributed by atoms with Crippen molar-refractivity contribution in [2.45, 2.75) is 45.9 Å². The molecule has 5 N–H and O–H groups in total. The van der Waals surface area contributed by atoms with Crippen LogP contribution in [0.5, 0.6) is 11.5 Å². The first-order valence-electron chi connectivity index (χ1n) is 13.5. The van der Waals surface area contributed by atoms with E-state index < -0.39 is 11.6 Å². The number of nitrogens with two attached hydrogens (primary N) is 2. The van der Waals surface area contributed by atoms with Gasteiger partial charge in [0.1, 0.15) is 41.6 Å². The molecular weight excluding hydrogens is 558 g/mol. The van der Waals surface area contributed by atoms with Crippen LogP contribution < -0.4 is 20.9 Å². The highest BCUT2D eigenvalue weighted by atomic mass is 19.1. The summed E-state index contributed by atoms with van der Waals surface area (Å²) in [6.45, 7) is 5.94. The molecular formula is C29H28F2N10O2. The van der Waals surface area contributed by atoms with Gasteiger partial charge in [0.15, 0.2) is 22.9 Å². The number of nitrogens with one attached hydrogen (secondary N) is 1. The number of rotatable bonds is 9. The second-order valence-electron chi connectivity index (χ2n) is 10.3. The summed E-state index contributed by atoms with van der Waals surface area (Å²) in [4.78, 5) is 16.6. The second-order valence-corrected chi connectivity index (χ2v) is 10.3. The van der Waals surface area contributed by atoms with Gasteiger partial charge < -0.3 is 20.9 Å². The lowest BCUT2D eigenvalue weighted by atomic mass is 10.1. The number of hydrogen-bond donors (Lipinski definition) is 3. The Morgan fingerprint density at radius 2 is 1.65 bits per heavy atom. The molecule has 0 spiro atoms. The summed E-state index contributed by atoms with van der Waals surface area (Å²) in [5.41, 5.74) is 14.6. The predicted octanol–water partition coefficient (Wildman–Crippen LogP) is 4.91. The van der Waals surface area contributed by atoms with Gasteiger partial charge in [-0.1, -0.05) is 0 Å². The topological polar surface area (TPSA) is 169 Å². The van der Waals surface area contributed by atoms with E-state index in [1.54, 1.807) is 28.9 Å². The maximum absolute atomic E-state index is 14.9. The summed E-state index contributed by atoms with van der Waals surface area (Å²) in [6.07, 6.45) is 2.68. The molecule has 220 valence electrons.